The first-order valence-electron chi connectivity index (χ1n) is 7.20. The Balaban J connectivity index is 1.68. The lowest BCUT2D eigenvalue weighted by molar-refractivity contribution is 0.414. The molecule has 0 saturated carbocycles. The fraction of sp³-hybridized carbons (Fsp3) is 0.118. The van der Waals surface area contributed by atoms with Crippen molar-refractivity contribution in [3.63, 3.8) is 0 Å². The molecule has 0 N–H and O–H groups in total. The highest BCUT2D eigenvalue weighted by Gasteiger charge is 2.04. The first kappa shape index (κ1) is 16.5. The van der Waals surface area contributed by atoms with E-state index in [0.29, 0.717) is 0 Å². The molecule has 0 aliphatic rings. The van der Waals surface area contributed by atoms with Crippen molar-refractivity contribution in [2.24, 2.45) is 5.10 Å². The van der Waals surface area contributed by atoms with Crippen LogP contribution in [0.4, 0.5) is 0 Å². The van der Waals surface area contributed by atoms with E-state index < -0.39 is 0 Å². The molecule has 0 aliphatic carbocycles. The minimum absolute atomic E-state index is 0.726. The van der Waals surface area contributed by atoms with E-state index in [-0.39, 0.29) is 0 Å². The summed E-state index contributed by atoms with van der Waals surface area (Å²) in [7, 11) is 1.64. The van der Waals surface area contributed by atoms with Crippen molar-refractivity contribution < 1.29 is 4.74 Å². The van der Waals surface area contributed by atoms with Crippen LogP contribution in [0.2, 0.25) is 5.02 Å². The zero-order valence-electron chi connectivity index (χ0n) is 13.0. The predicted molar refractivity (Wildman–Crippen MR) is 97.0 cm³/mol. The van der Waals surface area contributed by atoms with Gasteiger partial charge in [0.1, 0.15) is 12.1 Å². The van der Waals surface area contributed by atoms with E-state index in [9.17, 15) is 0 Å². The van der Waals surface area contributed by atoms with E-state index in [1.54, 1.807) is 36.1 Å². The average molecular weight is 359 g/mol. The van der Waals surface area contributed by atoms with Gasteiger partial charge in [0.05, 0.1) is 13.3 Å². The number of thioether (sulfide) groups is 1. The molecule has 0 saturated heterocycles. The van der Waals surface area contributed by atoms with Crippen molar-refractivity contribution in [1.82, 2.24) is 14.9 Å². The number of aromatic nitrogens is 3. The number of ether oxygens (including phenoxy) is 1. The minimum atomic E-state index is 0.726. The van der Waals surface area contributed by atoms with Crippen molar-refractivity contribution in [3.05, 3.63) is 71.0 Å². The Morgan fingerprint density at radius 3 is 2.88 bits per heavy atom. The number of benzene rings is 2. The Morgan fingerprint density at radius 2 is 2.08 bits per heavy atom. The third-order valence-corrected chi connectivity index (χ3v) is 4.46. The van der Waals surface area contributed by atoms with Gasteiger partial charge in [0.25, 0.3) is 0 Å². The molecule has 3 aromatic rings. The molecule has 1 heterocycles. The van der Waals surface area contributed by atoms with Gasteiger partial charge in [-0.3, -0.25) is 0 Å². The van der Waals surface area contributed by atoms with Crippen molar-refractivity contribution in [3.8, 4) is 5.75 Å². The molecule has 3 rings (SSSR count). The largest absolute Gasteiger partial charge is 0.497 e. The standard InChI is InChI=1S/C17H15ClN4OS/c1-23-16-4-2-3-14(9-16)10-20-22-12-19-21-17(22)24-11-13-5-7-15(18)8-6-13/h2-10,12H,11H2,1H3/b20-10+. The zero-order valence-corrected chi connectivity index (χ0v) is 14.5. The molecular weight excluding hydrogens is 344 g/mol. The summed E-state index contributed by atoms with van der Waals surface area (Å²) in [5.41, 5.74) is 2.10. The first-order chi connectivity index (χ1) is 11.7. The fourth-order valence-electron chi connectivity index (χ4n) is 1.97. The minimum Gasteiger partial charge on any atom is -0.497 e. The number of rotatable bonds is 6. The van der Waals surface area contributed by atoms with E-state index in [1.807, 2.05) is 48.5 Å². The summed E-state index contributed by atoms with van der Waals surface area (Å²) in [5.74, 6) is 1.56. The molecule has 0 unspecified atom stereocenters. The lowest BCUT2D eigenvalue weighted by Gasteiger charge is -2.02. The molecule has 0 amide bonds. The third-order valence-electron chi connectivity index (χ3n) is 3.21. The molecule has 5 nitrogen and oxygen atoms in total. The molecule has 2 aromatic carbocycles. The highest BCUT2D eigenvalue weighted by Crippen LogP contribution is 2.21. The van der Waals surface area contributed by atoms with Gasteiger partial charge in [-0.1, -0.05) is 47.6 Å². The number of hydrogen-bond acceptors (Lipinski definition) is 5. The second-order valence-corrected chi connectivity index (χ2v) is 6.27. The van der Waals surface area contributed by atoms with Crippen LogP contribution in [0, 0.1) is 0 Å². The van der Waals surface area contributed by atoms with Crippen molar-refractivity contribution in [2.45, 2.75) is 10.9 Å². The van der Waals surface area contributed by atoms with E-state index in [1.165, 1.54) is 0 Å². The molecule has 7 heteroatoms. The summed E-state index contributed by atoms with van der Waals surface area (Å²) in [6, 6.07) is 15.4. The van der Waals surface area contributed by atoms with E-state index in [2.05, 4.69) is 15.3 Å². The van der Waals surface area contributed by atoms with Crippen molar-refractivity contribution >= 4 is 29.6 Å². The normalized spacial score (nSPS) is 11.1. The first-order valence-corrected chi connectivity index (χ1v) is 8.56. The SMILES string of the molecule is COc1cccc(/C=N/n2cnnc2SCc2ccc(Cl)cc2)c1. The third kappa shape index (κ3) is 4.37. The topological polar surface area (TPSA) is 52.3 Å². The molecule has 122 valence electrons. The molecule has 1 aromatic heterocycles. The zero-order chi connectivity index (χ0) is 16.8. The van der Waals surface area contributed by atoms with Gasteiger partial charge >= 0.3 is 0 Å². The number of hydrogen-bond donors (Lipinski definition) is 0. The van der Waals surface area contributed by atoms with Gasteiger partial charge in [-0.2, -0.15) is 9.78 Å². The summed E-state index contributed by atoms with van der Waals surface area (Å²) < 4.78 is 6.86. The summed E-state index contributed by atoms with van der Waals surface area (Å²) in [5, 5.41) is 13.9. The highest BCUT2D eigenvalue weighted by molar-refractivity contribution is 7.98. The lowest BCUT2D eigenvalue weighted by Crippen LogP contribution is -1.93. The fourth-order valence-corrected chi connectivity index (χ4v) is 2.92. The van der Waals surface area contributed by atoms with E-state index >= 15 is 0 Å². The number of methoxy groups -OCH3 is 1. The molecule has 0 atom stereocenters. The Kier molecular flexibility index (Phi) is 5.51. The molecule has 0 aliphatic heterocycles. The monoisotopic (exact) mass is 358 g/mol. The Bertz CT molecular complexity index is 833. The van der Waals surface area contributed by atoms with Gasteiger partial charge in [-0.15, -0.1) is 10.2 Å². The van der Waals surface area contributed by atoms with Gasteiger partial charge in [-0.25, -0.2) is 0 Å². The molecule has 0 radical (unpaired) electrons. The van der Waals surface area contributed by atoms with E-state index in [4.69, 9.17) is 16.3 Å². The van der Waals surface area contributed by atoms with Gasteiger partial charge in [-0.05, 0) is 35.4 Å². The van der Waals surface area contributed by atoms with Gasteiger partial charge in [0.15, 0.2) is 0 Å². The molecular formula is C17H15ClN4OS. The van der Waals surface area contributed by atoms with Crippen LogP contribution in [0.3, 0.4) is 0 Å². The maximum atomic E-state index is 5.90. The number of nitrogens with zero attached hydrogens (tertiary/aromatic N) is 4. The van der Waals surface area contributed by atoms with Crippen LogP contribution in [0.25, 0.3) is 0 Å². The van der Waals surface area contributed by atoms with Crippen LogP contribution >= 0.6 is 23.4 Å². The maximum Gasteiger partial charge on any atom is 0.212 e. The van der Waals surface area contributed by atoms with E-state index in [0.717, 1.165) is 32.8 Å². The smallest absolute Gasteiger partial charge is 0.212 e. The molecule has 0 spiro atoms. The summed E-state index contributed by atoms with van der Waals surface area (Å²) in [6.07, 6.45) is 3.33. The summed E-state index contributed by atoms with van der Waals surface area (Å²) in [6.45, 7) is 0. The van der Waals surface area contributed by atoms with Gasteiger partial charge in [0.2, 0.25) is 5.16 Å². The van der Waals surface area contributed by atoms with Crippen molar-refractivity contribution in [2.75, 3.05) is 7.11 Å². The van der Waals surface area contributed by atoms with Crippen LogP contribution in [0.1, 0.15) is 11.1 Å². The molecule has 0 fully saturated rings. The summed E-state index contributed by atoms with van der Waals surface area (Å²) >= 11 is 7.46. The van der Waals surface area contributed by atoms with Crippen LogP contribution in [0.5, 0.6) is 5.75 Å². The van der Waals surface area contributed by atoms with Crippen LogP contribution in [0.15, 0.2) is 65.1 Å². The molecule has 0 bridgehead atoms. The predicted octanol–water partition coefficient (Wildman–Crippen LogP) is 4.11. The summed E-state index contributed by atoms with van der Waals surface area (Å²) in [4.78, 5) is 0. The Morgan fingerprint density at radius 1 is 1.25 bits per heavy atom. The van der Waals surface area contributed by atoms with Gasteiger partial charge in [0, 0.05) is 10.8 Å². The lowest BCUT2D eigenvalue weighted by atomic mass is 10.2. The Hall–Kier alpha value is -2.31. The maximum absolute atomic E-state index is 5.90. The number of halogens is 1. The van der Waals surface area contributed by atoms with Gasteiger partial charge < -0.3 is 4.74 Å². The highest BCUT2D eigenvalue weighted by atomic mass is 35.5. The second-order valence-electron chi connectivity index (χ2n) is 4.89. The van der Waals surface area contributed by atoms with Crippen LogP contribution in [-0.4, -0.2) is 28.2 Å². The Labute approximate surface area is 149 Å². The van der Waals surface area contributed by atoms with Crippen LogP contribution < -0.4 is 4.74 Å². The quantitative estimate of drug-likeness (QED) is 0.491. The second kappa shape index (κ2) is 7.99. The molecule has 24 heavy (non-hydrogen) atoms. The van der Waals surface area contributed by atoms with Crippen LogP contribution in [-0.2, 0) is 5.75 Å². The van der Waals surface area contributed by atoms with Crippen molar-refractivity contribution in [1.29, 1.82) is 0 Å². The average Bonchev–Trinajstić information content (AvgIpc) is 3.07.